The second kappa shape index (κ2) is 6.97. The van der Waals surface area contributed by atoms with E-state index in [1.54, 1.807) is 0 Å². The van der Waals surface area contributed by atoms with Crippen LogP contribution in [0.1, 0.15) is 6.92 Å². The van der Waals surface area contributed by atoms with Crippen LogP contribution in [0.5, 0.6) is 0 Å². The van der Waals surface area contributed by atoms with Crippen molar-refractivity contribution in [3.05, 3.63) is 34.4 Å². The maximum Gasteiger partial charge on any atom is 0.269 e. The minimum atomic E-state index is -0.482. The molecule has 0 aliphatic heterocycles. The van der Waals surface area contributed by atoms with E-state index >= 15 is 0 Å². The summed E-state index contributed by atoms with van der Waals surface area (Å²) < 4.78 is 0. The predicted molar refractivity (Wildman–Crippen MR) is 72.7 cm³/mol. The van der Waals surface area contributed by atoms with Gasteiger partial charge >= 0.3 is 0 Å². The van der Waals surface area contributed by atoms with Crippen molar-refractivity contribution >= 4 is 29.0 Å². The van der Waals surface area contributed by atoms with Crippen molar-refractivity contribution in [3.63, 3.8) is 0 Å². The molecule has 1 amide bonds. The Kier molecular flexibility index (Phi) is 5.60. The van der Waals surface area contributed by atoms with Crippen molar-refractivity contribution in [2.45, 2.75) is 12.2 Å². The molecule has 7 heteroatoms. The van der Waals surface area contributed by atoms with Crippen molar-refractivity contribution in [1.29, 1.82) is 0 Å². The smallest absolute Gasteiger partial charge is 0.269 e. The molecule has 1 unspecified atom stereocenters. The number of nitro benzene ring substituents is 1. The summed E-state index contributed by atoms with van der Waals surface area (Å²) in [6.07, 6.45) is 0. The second-order valence-corrected chi connectivity index (χ2v) is 5.14. The number of carbonyl (C=O) groups is 1. The number of benzene rings is 1. The highest BCUT2D eigenvalue weighted by Crippen LogP contribution is 2.16. The molecule has 0 spiro atoms. The number of non-ortho nitro benzene ring substituents is 1. The molecule has 1 aromatic rings. The van der Waals surface area contributed by atoms with Crippen molar-refractivity contribution < 1.29 is 9.72 Å². The molecular weight excluding hydrogens is 254 g/mol. The minimum absolute atomic E-state index is 0.000807. The SMILES string of the molecule is CC(CN)SCC(=O)Nc1ccc([N+](=O)[O-])cc1. The zero-order chi connectivity index (χ0) is 13.5. The van der Waals surface area contributed by atoms with Gasteiger partial charge in [-0.25, -0.2) is 0 Å². The second-order valence-electron chi connectivity index (χ2n) is 3.71. The largest absolute Gasteiger partial charge is 0.329 e. The Hall–Kier alpha value is -1.60. The molecule has 0 aromatic heterocycles. The molecule has 1 rings (SSSR count). The number of carbonyl (C=O) groups excluding carboxylic acids is 1. The first-order valence-corrected chi connectivity index (χ1v) is 6.43. The lowest BCUT2D eigenvalue weighted by atomic mass is 10.3. The molecule has 6 nitrogen and oxygen atoms in total. The maximum atomic E-state index is 11.5. The van der Waals surface area contributed by atoms with Crippen LogP contribution >= 0.6 is 11.8 Å². The van der Waals surface area contributed by atoms with Gasteiger partial charge in [-0.05, 0) is 12.1 Å². The van der Waals surface area contributed by atoms with Gasteiger partial charge in [-0.15, -0.1) is 11.8 Å². The molecule has 1 aromatic carbocycles. The van der Waals surface area contributed by atoms with Crippen LogP contribution in [0.3, 0.4) is 0 Å². The Balaban J connectivity index is 2.47. The van der Waals surface area contributed by atoms with Gasteiger partial charge in [0.25, 0.3) is 5.69 Å². The Bertz CT molecular complexity index is 422. The summed E-state index contributed by atoms with van der Waals surface area (Å²) in [7, 11) is 0. The molecular formula is C11H15N3O3S. The van der Waals surface area contributed by atoms with Crippen LogP contribution in [-0.4, -0.2) is 28.4 Å². The highest BCUT2D eigenvalue weighted by Gasteiger charge is 2.08. The molecule has 0 aliphatic rings. The standard InChI is InChI=1S/C11H15N3O3S/c1-8(6-12)18-7-11(15)13-9-2-4-10(5-3-9)14(16)17/h2-5,8H,6-7,12H2,1H3,(H,13,15). The molecule has 18 heavy (non-hydrogen) atoms. The van der Waals surface area contributed by atoms with Gasteiger partial charge < -0.3 is 11.1 Å². The zero-order valence-electron chi connectivity index (χ0n) is 9.96. The quantitative estimate of drug-likeness (QED) is 0.604. The normalized spacial score (nSPS) is 11.9. The van der Waals surface area contributed by atoms with Gasteiger partial charge in [0.15, 0.2) is 0 Å². The first kappa shape index (κ1) is 14.5. The van der Waals surface area contributed by atoms with Gasteiger partial charge in [0.2, 0.25) is 5.91 Å². The summed E-state index contributed by atoms with van der Waals surface area (Å²) in [6, 6.07) is 5.72. The fourth-order valence-corrected chi connectivity index (χ4v) is 1.79. The third kappa shape index (κ3) is 4.72. The molecule has 98 valence electrons. The average molecular weight is 269 g/mol. The van der Waals surface area contributed by atoms with E-state index in [1.807, 2.05) is 6.92 Å². The Morgan fingerprint density at radius 2 is 2.11 bits per heavy atom. The number of hydrogen-bond acceptors (Lipinski definition) is 5. The molecule has 1 atom stereocenters. The Morgan fingerprint density at radius 3 is 2.61 bits per heavy atom. The lowest BCUT2D eigenvalue weighted by Gasteiger charge is -2.08. The molecule has 0 bridgehead atoms. The number of amides is 1. The van der Waals surface area contributed by atoms with Crippen LogP contribution in [0.2, 0.25) is 0 Å². The molecule has 0 saturated heterocycles. The third-order valence-electron chi connectivity index (χ3n) is 2.19. The summed E-state index contributed by atoms with van der Waals surface area (Å²) in [5.74, 6) is 0.171. The summed E-state index contributed by atoms with van der Waals surface area (Å²) >= 11 is 1.47. The van der Waals surface area contributed by atoms with Crippen LogP contribution in [0.15, 0.2) is 24.3 Å². The molecule has 0 fully saturated rings. The van der Waals surface area contributed by atoms with Gasteiger partial charge in [-0.3, -0.25) is 14.9 Å². The van der Waals surface area contributed by atoms with Crippen LogP contribution < -0.4 is 11.1 Å². The average Bonchev–Trinajstić information content (AvgIpc) is 2.36. The van der Waals surface area contributed by atoms with E-state index in [2.05, 4.69) is 5.32 Å². The number of nitrogens with zero attached hydrogens (tertiary/aromatic N) is 1. The number of nitrogens with one attached hydrogen (secondary N) is 1. The first-order chi connectivity index (χ1) is 8.52. The summed E-state index contributed by atoms with van der Waals surface area (Å²) in [5.41, 5.74) is 5.99. The van der Waals surface area contributed by atoms with E-state index in [0.29, 0.717) is 18.0 Å². The maximum absolute atomic E-state index is 11.5. The Labute approximate surface area is 109 Å². The van der Waals surface area contributed by atoms with E-state index in [1.165, 1.54) is 36.0 Å². The van der Waals surface area contributed by atoms with Crippen molar-refractivity contribution in [2.24, 2.45) is 5.73 Å². The van der Waals surface area contributed by atoms with Crippen LogP contribution in [0.4, 0.5) is 11.4 Å². The number of nitrogens with two attached hydrogens (primary N) is 1. The van der Waals surface area contributed by atoms with E-state index in [0.717, 1.165) is 0 Å². The van der Waals surface area contributed by atoms with Gasteiger partial charge in [0.1, 0.15) is 0 Å². The van der Waals surface area contributed by atoms with E-state index in [9.17, 15) is 14.9 Å². The Morgan fingerprint density at radius 1 is 1.50 bits per heavy atom. The van der Waals surface area contributed by atoms with Crippen molar-refractivity contribution in [2.75, 3.05) is 17.6 Å². The number of rotatable bonds is 6. The van der Waals surface area contributed by atoms with Gasteiger partial charge in [0.05, 0.1) is 10.7 Å². The number of anilines is 1. The van der Waals surface area contributed by atoms with Gasteiger partial charge in [0, 0.05) is 29.6 Å². The zero-order valence-corrected chi connectivity index (χ0v) is 10.8. The third-order valence-corrected chi connectivity index (χ3v) is 3.38. The predicted octanol–water partition coefficient (Wildman–Crippen LogP) is 1.61. The molecule has 0 radical (unpaired) electrons. The lowest BCUT2D eigenvalue weighted by Crippen LogP contribution is -2.19. The highest BCUT2D eigenvalue weighted by atomic mass is 32.2. The van der Waals surface area contributed by atoms with E-state index in [-0.39, 0.29) is 16.8 Å². The summed E-state index contributed by atoms with van der Waals surface area (Å²) in [4.78, 5) is 21.5. The number of thioether (sulfide) groups is 1. The molecule has 0 saturated carbocycles. The minimum Gasteiger partial charge on any atom is -0.329 e. The number of nitro groups is 1. The van der Waals surface area contributed by atoms with E-state index in [4.69, 9.17) is 5.73 Å². The number of hydrogen-bond donors (Lipinski definition) is 2. The lowest BCUT2D eigenvalue weighted by molar-refractivity contribution is -0.384. The van der Waals surface area contributed by atoms with Gasteiger partial charge in [-0.1, -0.05) is 6.92 Å². The van der Waals surface area contributed by atoms with Crippen molar-refractivity contribution in [3.8, 4) is 0 Å². The molecule has 0 heterocycles. The van der Waals surface area contributed by atoms with Crippen LogP contribution in [-0.2, 0) is 4.79 Å². The van der Waals surface area contributed by atoms with Crippen molar-refractivity contribution in [1.82, 2.24) is 0 Å². The topological polar surface area (TPSA) is 98.3 Å². The van der Waals surface area contributed by atoms with Crippen LogP contribution in [0, 0.1) is 10.1 Å². The van der Waals surface area contributed by atoms with Crippen LogP contribution in [0.25, 0.3) is 0 Å². The first-order valence-electron chi connectivity index (χ1n) is 5.39. The summed E-state index contributed by atoms with van der Waals surface area (Å²) in [6.45, 7) is 2.47. The fraction of sp³-hybridized carbons (Fsp3) is 0.364. The fourth-order valence-electron chi connectivity index (χ4n) is 1.15. The summed E-state index contributed by atoms with van der Waals surface area (Å²) in [5, 5.41) is 13.3. The molecule has 0 aliphatic carbocycles. The molecule has 3 N–H and O–H groups in total. The van der Waals surface area contributed by atoms with E-state index < -0.39 is 4.92 Å². The van der Waals surface area contributed by atoms with Gasteiger partial charge in [-0.2, -0.15) is 0 Å². The highest BCUT2D eigenvalue weighted by molar-refractivity contribution is 8.00. The monoisotopic (exact) mass is 269 g/mol.